The predicted octanol–water partition coefficient (Wildman–Crippen LogP) is 20.1. The number of amides is 1. The Labute approximate surface area is 461 Å². The first-order chi connectivity index (χ1) is 36.0. The van der Waals surface area contributed by atoms with Gasteiger partial charge in [-0.05, 0) is 51.4 Å². The van der Waals surface area contributed by atoms with Gasteiger partial charge in [0.1, 0.15) is 13.2 Å². The number of nitrogens with zero attached hydrogens (tertiary/aromatic N) is 1. The lowest BCUT2D eigenvalue weighted by molar-refractivity contribution is -0.870. The van der Waals surface area contributed by atoms with Gasteiger partial charge in [0.2, 0.25) is 5.91 Å². The average Bonchev–Trinajstić information content (AvgIpc) is 3.36. The number of quaternary nitrogens is 1. The molecule has 0 aromatic carbocycles. The van der Waals surface area contributed by atoms with Gasteiger partial charge < -0.3 is 19.8 Å². The quantitative estimate of drug-likeness (QED) is 0.0243. The summed E-state index contributed by atoms with van der Waals surface area (Å²) in [6.45, 7) is 4.92. The number of rotatable bonds is 60. The fraction of sp³-hybridized carbons (Fsp3) is 0.892. The molecule has 0 aliphatic carbocycles. The highest BCUT2D eigenvalue weighted by molar-refractivity contribution is 7.47. The third-order valence-corrected chi connectivity index (χ3v) is 15.9. The summed E-state index contributed by atoms with van der Waals surface area (Å²) in [5.41, 5.74) is 0. The summed E-state index contributed by atoms with van der Waals surface area (Å²) in [6.07, 6.45) is 73.6. The zero-order valence-corrected chi connectivity index (χ0v) is 51.0. The fourth-order valence-corrected chi connectivity index (χ4v) is 10.6. The van der Waals surface area contributed by atoms with Gasteiger partial charge in [-0.15, -0.1) is 0 Å². The molecule has 3 unspecified atom stereocenters. The number of likely N-dealkylation sites (N-methyl/N-ethyl adjacent to an activating group) is 1. The van der Waals surface area contributed by atoms with Gasteiger partial charge in [-0.1, -0.05) is 301 Å². The number of aliphatic hydroxyl groups excluding tert-OH is 1. The second-order valence-electron chi connectivity index (χ2n) is 23.5. The molecule has 0 bridgehead atoms. The molecule has 9 heteroatoms. The minimum Gasteiger partial charge on any atom is -0.391 e. The Balaban J connectivity index is 4.08. The van der Waals surface area contributed by atoms with Crippen LogP contribution in [-0.2, 0) is 18.4 Å². The second-order valence-corrected chi connectivity index (χ2v) is 25.0. The van der Waals surface area contributed by atoms with Crippen molar-refractivity contribution in [3.63, 3.8) is 0 Å². The highest BCUT2D eigenvalue weighted by atomic mass is 31.2. The van der Waals surface area contributed by atoms with Gasteiger partial charge in [0, 0.05) is 6.42 Å². The predicted molar refractivity (Wildman–Crippen MR) is 323 cm³/mol. The standard InChI is InChI=1S/C65H127N2O6P/c1-6-8-10-12-14-16-18-20-22-24-26-28-30-31-32-33-34-35-37-39-41-43-45-47-49-51-53-55-57-59-65(69)66-63(62-73-74(70,71)72-61-60-67(3,4)5)64(68)58-56-54-52-50-48-46-44-42-40-38-36-29-27-25-23-21-19-17-15-13-11-9-7-2/h18,20,24,26,30-31,63-64,68H,6-17,19,21-23,25,27-29,32-62H2,1-5H3,(H-,66,69,70,71)/p+1/b20-18-,26-24-,31-30-. The van der Waals surface area contributed by atoms with Crippen LogP contribution in [0.3, 0.4) is 0 Å². The highest BCUT2D eigenvalue weighted by Gasteiger charge is 2.28. The molecular weight excluding hydrogens is 936 g/mol. The van der Waals surface area contributed by atoms with E-state index in [1.165, 1.54) is 244 Å². The van der Waals surface area contributed by atoms with Gasteiger partial charge in [-0.25, -0.2) is 4.57 Å². The van der Waals surface area contributed by atoms with E-state index >= 15 is 0 Å². The van der Waals surface area contributed by atoms with E-state index < -0.39 is 20.0 Å². The molecule has 0 saturated heterocycles. The van der Waals surface area contributed by atoms with Crippen LogP contribution < -0.4 is 5.32 Å². The van der Waals surface area contributed by atoms with Crippen LogP contribution >= 0.6 is 7.82 Å². The lowest BCUT2D eigenvalue weighted by Crippen LogP contribution is -2.46. The monoisotopic (exact) mass is 1060 g/mol. The highest BCUT2D eigenvalue weighted by Crippen LogP contribution is 2.43. The molecule has 1 amide bonds. The molecule has 0 saturated carbocycles. The summed E-state index contributed by atoms with van der Waals surface area (Å²) in [4.78, 5) is 23.4. The van der Waals surface area contributed by atoms with Crippen molar-refractivity contribution >= 4 is 13.7 Å². The first-order valence-corrected chi connectivity index (χ1v) is 33.8. The van der Waals surface area contributed by atoms with E-state index in [1.807, 2.05) is 21.1 Å². The normalized spacial score (nSPS) is 14.0. The molecule has 3 atom stereocenters. The van der Waals surface area contributed by atoms with Crippen molar-refractivity contribution in [2.45, 2.75) is 334 Å². The Bertz CT molecular complexity index is 1300. The summed E-state index contributed by atoms with van der Waals surface area (Å²) >= 11 is 0. The first-order valence-electron chi connectivity index (χ1n) is 32.4. The summed E-state index contributed by atoms with van der Waals surface area (Å²) in [5.74, 6) is -0.140. The van der Waals surface area contributed by atoms with Crippen molar-refractivity contribution in [3.8, 4) is 0 Å². The van der Waals surface area contributed by atoms with Crippen LogP contribution in [0.5, 0.6) is 0 Å². The number of carbonyl (C=O) groups is 1. The molecule has 0 fully saturated rings. The number of allylic oxidation sites excluding steroid dienone is 6. The average molecular weight is 1060 g/mol. The molecule has 3 N–H and O–H groups in total. The van der Waals surface area contributed by atoms with Crippen LogP contribution in [0, 0.1) is 0 Å². The molecule has 0 heterocycles. The molecule has 0 radical (unpaired) electrons. The van der Waals surface area contributed by atoms with Crippen molar-refractivity contribution in [2.75, 3.05) is 40.9 Å². The molecule has 0 aromatic rings. The van der Waals surface area contributed by atoms with E-state index in [-0.39, 0.29) is 19.1 Å². The largest absolute Gasteiger partial charge is 0.472 e. The van der Waals surface area contributed by atoms with E-state index in [9.17, 15) is 19.4 Å². The molecule has 74 heavy (non-hydrogen) atoms. The number of aliphatic hydroxyl groups is 1. The Morgan fingerprint density at radius 1 is 0.459 bits per heavy atom. The molecular formula is C65H128N2O6P+. The van der Waals surface area contributed by atoms with Crippen molar-refractivity contribution in [1.82, 2.24) is 5.32 Å². The van der Waals surface area contributed by atoms with E-state index in [0.29, 0.717) is 23.9 Å². The van der Waals surface area contributed by atoms with Gasteiger partial charge in [-0.3, -0.25) is 13.8 Å². The number of hydrogen-bond donors (Lipinski definition) is 3. The third kappa shape index (κ3) is 58.4. The van der Waals surface area contributed by atoms with Crippen LogP contribution in [-0.4, -0.2) is 73.4 Å². The second kappa shape index (κ2) is 56.4. The van der Waals surface area contributed by atoms with E-state index in [0.717, 1.165) is 51.4 Å². The Morgan fingerprint density at radius 3 is 1.12 bits per heavy atom. The molecule has 8 nitrogen and oxygen atoms in total. The zero-order valence-electron chi connectivity index (χ0n) is 50.1. The van der Waals surface area contributed by atoms with Gasteiger partial charge >= 0.3 is 7.82 Å². The smallest absolute Gasteiger partial charge is 0.391 e. The molecule has 0 aromatic heterocycles. The Kier molecular flexibility index (Phi) is 55.5. The van der Waals surface area contributed by atoms with Gasteiger partial charge in [0.15, 0.2) is 0 Å². The molecule has 438 valence electrons. The molecule has 0 aliphatic heterocycles. The lowest BCUT2D eigenvalue weighted by Gasteiger charge is -2.26. The number of phosphoric ester groups is 1. The number of hydrogen-bond acceptors (Lipinski definition) is 5. The van der Waals surface area contributed by atoms with E-state index in [4.69, 9.17) is 9.05 Å². The van der Waals surface area contributed by atoms with Gasteiger partial charge in [-0.2, -0.15) is 0 Å². The summed E-state index contributed by atoms with van der Waals surface area (Å²) in [6, 6.07) is -0.762. The maximum atomic E-state index is 13.0. The van der Waals surface area contributed by atoms with Gasteiger partial charge in [0.25, 0.3) is 0 Å². The summed E-state index contributed by atoms with van der Waals surface area (Å²) < 4.78 is 23.9. The maximum absolute atomic E-state index is 13.0. The van der Waals surface area contributed by atoms with Crippen LogP contribution in [0.4, 0.5) is 0 Å². The molecule has 0 rings (SSSR count). The van der Waals surface area contributed by atoms with Crippen molar-refractivity contribution in [2.24, 2.45) is 0 Å². The SMILES string of the molecule is CCCCCCC/C=C\C/C=C\C/C=C\CCCCCCCCCCCCCCCCC(=O)NC(COP(=O)(O)OCC[N+](C)(C)C)C(O)CCCCCCCCCCCCCCCCCCCCCCCCC. The number of carbonyl (C=O) groups excluding carboxylic acids is 1. The number of phosphoric acid groups is 1. The van der Waals surface area contributed by atoms with E-state index in [2.05, 4.69) is 55.6 Å². The van der Waals surface area contributed by atoms with E-state index in [1.54, 1.807) is 0 Å². The topological polar surface area (TPSA) is 105 Å². The summed E-state index contributed by atoms with van der Waals surface area (Å²) in [5, 5.41) is 14.1. The fourth-order valence-electron chi connectivity index (χ4n) is 9.82. The van der Waals surface area contributed by atoms with Crippen molar-refractivity contribution in [1.29, 1.82) is 0 Å². The van der Waals surface area contributed by atoms with Gasteiger partial charge in [0.05, 0.1) is 39.9 Å². The first kappa shape index (κ1) is 72.7. The minimum absolute atomic E-state index is 0.0756. The zero-order chi connectivity index (χ0) is 54.2. The Hall–Kier alpha value is -1.28. The summed E-state index contributed by atoms with van der Waals surface area (Å²) in [7, 11) is 1.63. The number of unbranched alkanes of at least 4 members (excludes halogenated alkanes) is 41. The minimum atomic E-state index is -4.33. The van der Waals surface area contributed by atoms with Crippen LogP contribution in [0.1, 0.15) is 322 Å². The van der Waals surface area contributed by atoms with Crippen LogP contribution in [0.25, 0.3) is 0 Å². The van der Waals surface area contributed by atoms with Crippen LogP contribution in [0.2, 0.25) is 0 Å². The van der Waals surface area contributed by atoms with Crippen LogP contribution in [0.15, 0.2) is 36.5 Å². The third-order valence-electron chi connectivity index (χ3n) is 14.9. The molecule has 0 aliphatic rings. The van der Waals surface area contributed by atoms with Crippen molar-refractivity contribution in [3.05, 3.63) is 36.5 Å². The molecule has 0 spiro atoms. The maximum Gasteiger partial charge on any atom is 0.472 e. The lowest BCUT2D eigenvalue weighted by atomic mass is 10.0. The Morgan fingerprint density at radius 2 is 0.770 bits per heavy atom. The van der Waals surface area contributed by atoms with Crippen molar-refractivity contribution < 1.29 is 32.9 Å². The number of nitrogens with one attached hydrogen (secondary N) is 1.